The van der Waals surface area contributed by atoms with E-state index in [0.717, 1.165) is 31.6 Å². The topological polar surface area (TPSA) is 107 Å². The van der Waals surface area contributed by atoms with Gasteiger partial charge in [-0.05, 0) is 84.6 Å². The molecule has 3 aromatic carbocycles. The van der Waals surface area contributed by atoms with Crippen LogP contribution in [0.4, 0.5) is 5.69 Å². The third kappa shape index (κ3) is 10.7. The summed E-state index contributed by atoms with van der Waals surface area (Å²) in [6.07, 6.45) is 4.53. The van der Waals surface area contributed by atoms with Crippen molar-refractivity contribution in [3.63, 3.8) is 0 Å². The Hall–Kier alpha value is -3.08. The van der Waals surface area contributed by atoms with E-state index in [-0.39, 0.29) is 5.91 Å². The summed E-state index contributed by atoms with van der Waals surface area (Å²) < 4.78 is 32.9. The number of fused-ring (bicyclic) bond motifs is 1. The molecule has 1 amide bonds. The van der Waals surface area contributed by atoms with Gasteiger partial charge < -0.3 is 10.2 Å². The molecule has 7 nitrogen and oxygen atoms in total. The second kappa shape index (κ2) is 15.2. The van der Waals surface area contributed by atoms with E-state index in [0.29, 0.717) is 11.5 Å². The minimum Gasteiger partial charge on any atom is -0.322 e. The molecule has 1 heterocycles. The van der Waals surface area contributed by atoms with Gasteiger partial charge in [0.05, 0.1) is 0 Å². The summed E-state index contributed by atoms with van der Waals surface area (Å²) in [6, 6.07) is 25.0. The van der Waals surface area contributed by atoms with Crippen LogP contribution < -0.4 is 5.32 Å². The molecule has 0 aliphatic rings. The number of likely N-dealkylation sites (N-methyl/N-ethyl adjacent to an activating group) is 1. The van der Waals surface area contributed by atoms with Crippen LogP contribution in [-0.4, -0.2) is 41.9 Å². The highest BCUT2D eigenvalue weighted by Crippen LogP contribution is 2.35. The number of aryl methyl sites for hydroxylation is 1. The molecular formula is C32H40N2O5S2. The van der Waals surface area contributed by atoms with E-state index in [1.54, 1.807) is 0 Å². The molecule has 220 valence electrons. The summed E-state index contributed by atoms with van der Waals surface area (Å²) in [5.74, 6) is 0.394. The van der Waals surface area contributed by atoms with E-state index in [1.807, 2.05) is 41.7 Å². The monoisotopic (exact) mass is 596 g/mol. The Morgan fingerprint density at radius 3 is 2.24 bits per heavy atom. The van der Waals surface area contributed by atoms with Gasteiger partial charge in [0.2, 0.25) is 0 Å². The molecule has 0 aliphatic heterocycles. The maximum atomic E-state index is 12.9. The molecule has 0 aliphatic carbocycles. The average molecular weight is 597 g/mol. The zero-order chi connectivity index (χ0) is 30.0. The normalized spacial score (nSPS) is 11.5. The molecule has 4 rings (SSSR count). The van der Waals surface area contributed by atoms with Gasteiger partial charge in [0, 0.05) is 33.9 Å². The quantitative estimate of drug-likeness (QED) is 0.154. The van der Waals surface area contributed by atoms with E-state index in [1.165, 1.54) is 44.5 Å². The van der Waals surface area contributed by atoms with Crippen molar-refractivity contribution in [2.45, 2.75) is 58.9 Å². The Labute approximate surface area is 247 Å². The first-order chi connectivity index (χ1) is 19.4. The Balaban J connectivity index is 0.000000850. The van der Waals surface area contributed by atoms with Crippen molar-refractivity contribution in [1.29, 1.82) is 0 Å². The summed E-state index contributed by atoms with van der Waals surface area (Å²) in [5.41, 5.74) is 5.58. The van der Waals surface area contributed by atoms with Crippen LogP contribution in [0, 0.1) is 0 Å². The largest absolute Gasteiger partial charge is 0.394 e. The summed E-state index contributed by atoms with van der Waals surface area (Å²) in [7, 11) is -2.47. The molecular weight excluding hydrogens is 556 g/mol. The smallest absolute Gasteiger partial charge is 0.322 e. The van der Waals surface area contributed by atoms with Crippen LogP contribution in [0.2, 0.25) is 0 Å². The predicted octanol–water partition coefficient (Wildman–Crippen LogP) is 7.64. The van der Waals surface area contributed by atoms with E-state index >= 15 is 0 Å². The van der Waals surface area contributed by atoms with Gasteiger partial charge in [-0.15, -0.1) is 11.3 Å². The van der Waals surface area contributed by atoms with Gasteiger partial charge in [-0.2, -0.15) is 8.42 Å². The average Bonchev–Trinajstić information content (AvgIpc) is 3.27. The lowest BCUT2D eigenvalue weighted by molar-refractivity contribution is 0.102. The van der Waals surface area contributed by atoms with E-state index in [4.69, 9.17) is 17.5 Å². The first-order valence-electron chi connectivity index (χ1n) is 13.8. The SMILES string of the molecule is CCCCc1sc2ccc(NC(=O)c3ccc(C(C)C)cc3)cc2c1CCN(C)Cc1ccccc1.O=S(=O)(O)O. The fourth-order valence-electron chi connectivity index (χ4n) is 4.59. The predicted molar refractivity (Wildman–Crippen MR) is 170 cm³/mol. The van der Waals surface area contributed by atoms with Crippen LogP contribution in [0.15, 0.2) is 72.8 Å². The lowest BCUT2D eigenvalue weighted by atomic mass is 10.0. The van der Waals surface area contributed by atoms with Crippen molar-refractivity contribution in [2.24, 2.45) is 0 Å². The number of carbonyl (C=O) groups excluding carboxylic acids is 1. The highest BCUT2D eigenvalue weighted by molar-refractivity contribution is 7.79. The molecule has 0 saturated carbocycles. The summed E-state index contributed by atoms with van der Waals surface area (Å²) in [6.45, 7) is 8.53. The third-order valence-corrected chi connectivity index (χ3v) is 8.04. The van der Waals surface area contributed by atoms with Crippen LogP contribution in [0.5, 0.6) is 0 Å². The highest BCUT2D eigenvalue weighted by Gasteiger charge is 2.15. The number of rotatable bonds is 11. The van der Waals surface area contributed by atoms with Crippen molar-refractivity contribution in [3.8, 4) is 0 Å². The van der Waals surface area contributed by atoms with Gasteiger partial charge in [-0.3, -0.25) is 13.9 Å². The lowest BCUT2D eigenvalue weighted by Gasteiger charge is -2.17. The van der Waals surface area contributed by atoms with Crippen LogP contribution in [0.25, 0.3) is 10.1 Å². The molecule has 0 radical (unpaired) electrons. The maximum absolute atomic E-state index is 12.9. The number of carbonyl (C=O) groups is 1. The molecule has 4 aromatic rings. The minimum absolute atomic E-state index is 0.0600. The standard InChI is InChI=1S/C32H38N2OS.H2O4S/c1-5-6-12-30-28(19-20-34(4)22-24-10-8-7-9-11-24)29-21-27(17-18-31(29)36-30)33-32(35)26-15-13-25(14-16-26)23(2)3;1-5(2,3)4/h7-11,13-18,21,23H,5-6,12,19-20,22H2,1-4H3,(H,33,35);(H2,1,2,3,4). The van der Waals surface area contributed by atoms with Gasteiger partial charge in [0.25, 0.3) is 5.91 Å². The highest BCUT2D eigenvalue weighted by atomic mass is 32.3. The van der Waals surface area contributed by atoms with E-state index in [2.05, 4.69) is 80.5 Å². The molecule has 9 heteroatoms. The lowest BCUT2D eigenvalue weighted by Crippen LogP contribution is -2.21. The van der Waals surface area contributed by atoms with E-state index < -0.39 is 10.4 Å². The number of nitrogens with one attached hydrogen (secondary N) is 1. The maximum Gasteiger partial charge on any atom is 0.394 e. The summed E-state index contributed by atoms with van der Waals surface area (Å²) in [5, 5.41) is 4.42. The molecule has 41 heavy (non-hydrogen) atoms. The molecule has 3 N–H and O–H groups in total. The number of amides is 1. The Bertz CT molecular complexity index is 1510. The zero-order valence-electron chi connectivity index (χ0n) is 24.1. The number of unbranched alkanes of at least 4 members (excludes halogenated alkanes) is 1. The molecule has 0 spiro atoms. The molecule has 0 saturated heterocycles. The van der Waals surface area contributed by atoms with Crippen LogP contribution in [-0.2, 0) is 29.8 Å². The first-order valence-corrected chi connectivity index (χ1v) is 16.0. The number of hydrogen-bond acceptors (Lipinski definition) is 5. The minimum atomic E-state index is -4.67. The number of nitrogens with zero attached hydrogens (tertiary/aromatic N) is 1. The third-order valence-electron chi connectivity index (χ3n) is 6.77. The number of benzene rings is 3. The fourth-order valence-corrected chi connectivity index (χ4v) is 5.87. The van der Waals surface area contributed by atoms with Crippen molar-refractivity contribution in [1.82, 2.24) is 4.90 Å². The van der Waals surface area contributed by atoms with Gasteiger partial charge in [0.15, 0.2) is 0 Å². The van der Waals surface area contributed by atoms with Crippen LogP contribution >= 0.6 is 11.3 Å². The van der Waals surface area contributed by atoms with Crippen LogP contribution in [0.1, 0.15) is 71.5 Å². The van der Waals surface area contributed by atoms with Crippen molar-refractivity contribution >= 4 is 43.4 Å². The van der Waals surface area contributed by atoms with Gasteiger partial charge in [0.1, 0.15) is 0 Å². The van der Waals surface area contributed by atoms with Crippen molar-refractivity contribution in [2.75, 3.05) is 18.9 Å². The van der Waals surface area contributed by atoms with Crippen LogP contribution in [0.3, 0.4) is 0 Å². The second-order valence-corrected chi connectivity index (χ2v) is 12.5. The summed E-state index contributed by atoms with van der Waals surface area (Å²) in [4.78, 5) is 16.8. The number of thiophene rings is 1. The molecule has 0 fully saturated rings. The number of anilines is 1. The van der Waals surface area contributed by atoms with Gasteiger partial charge in [-0.25, -0.2) is 0 Å². The fraction of sp³-hybridized carbons (Fsp3) is 0.344. The van der Waals surface area contributed by atoms with Gasteiger partial charge in [-0.1, -0.05) is 69.7 Å². The Kier molecular flexibility index (Phi) is 12.1. The second-order valence-electron chi connectivity index (χ2n) is 10.5. The molecule has 0 bridgehead atoms. The molecule has 0 unspecified atom stereocenters. The first kappa shape index (κ1) is 32.4. The summed E-state index contributed by atoms with van der Waals surface area (Å²) >= 11 is 1.92. The Morgan fingerprint density at radius 1 is 0.976 bits per heavy atom. The van der Waals surface area contributed by atoms with Crippen molar-refractivity contribution < 1.29 is 22.3 Å². The van der Waals surface area contributed by atoms with Gasteiger partial charge >= 0.3 is 10.4 Å². The number of hydrogen-bond donors (Lipinski definition) is 3. The van der Waals surface area contributed by atoms with Crippen molar-refractivity contribution in [3.05, 3.63) is 99.9 Å². The Morgan fingerprint density at radius 2 is 1.63 bits per heavy atom. The molecule has 1 aromatic heterocycles. The molecule has 0 atom stereocenters. The van der Waals surface area contributed by atoms with E-state index in [9.17, 15) is 4.79 Å². The zero-order valence-corrected chi connectivity index (χ0v) is 25.8.